The summed E-state index contributed by atoms with van der Waals surface area (Å²) in [5.74, 6) is 0. The van der Waals surface area contributed by atoms with Gasteiger partial charge in [-0.05, 0) is 112 Å². The van der Waals surface area contributed by atoms with Crippen LogP contribution in [0.4, 0.5) is 5.69 Å². The van der Waals surface area contributed by atoms with E-state index in [-0.39, 0.29) is 0 Å². The lowest BCUT2D eigenvalue weighted by Gasteiger charge is -2.30. The maximum Gasteiger partial charge on any atom is 0.0543 e. The molecule has 0 fully saturated rings. The lowest BCUT2D eigenvalue weighted by atomic mass is 9.77. The highest BCUT2D eigenvalue weighted by Gasteiger charge is 2.25. The average molecular weight is 426 g/mol. The van der Waals surface area contributed by atoms with Crippen molar-refractivity contribution in [3.8, 4) is 0 Å². The van der Waals surface area contributed by atoms with Crippen LogP contribution in [0.25, 0.3) is 5.57 Å². The Hall–Kier alpha value is -2.91. The zero-order valence-electron chi connectivity index (χ0n) is 20.1. The van der Waals surface area contributed by atoms with Gasteiger partial charge in [-0.2, -0.15) is 0 Å². The third-order valence-electron chi connectivity index (χ3n) is 6.40. The van der Waals surface area contributed by atoms with Crippen molar-refractivity contribution < 1.29 is 0 Å². The second-order valence-electron chi connectivity index (χ2n) is 9.38. The van der Waals surface area contributed by atoms with Crippen LogP contribution in [-0.4, -0.2) is 44.3 Å². The number of benzene rings is 2. The van der Waals surface area contributed by atoms with Crippen molar-refractivity contribution in [1.29, 1.82) is 5.41 Å². The van der Waals surface area contributed by atoms with Crippen molar-refractivity contribution in [2.75, 3.05) is 38.6 Å². The fourth-order valence-corrected chi connectivity index (χ4v) is 4.98. The first-order valence-corrected chi connectivity index (χ1v) is 11.7. The van der Waals surface area contributed by atoms with Crippen molar-refractivity contribution >= 4 is 17.0 Å². The zero-order chi connectivity index (χ0) is 22.8. The largest absolute Gasteiger partial charge is 0.372 e. The highest BCUT2D eigenvalue weighted by Crippen LogP contribution is 2.42. The van der Waals surface area contributed by atoms with Crippen molar-refractivity contribution in [3.05, 3.63) is 93.6 Å². The molecule has 166 valence electrons. The summed E-state index contributed by atoms with van der Waals surface area (Å²) in [5, 5.41) is 8.19. The number of allylic oxidation sites excluding steroid dienone is 5. The molecule has 0 saturated heterocycles. The lowest BCUT2D eigenvalue weighted by Crippen LogP contribution is -2.27. The highest BCUT2D eigenvalue weighted by molar-refractivity contribution is 6.07. The number of hydrogen-bond donors (Lipinski definition) is 1. The van der Waals surface area contributed by atoms with Crippen LogP contribution in [0.2, 0.25) is 0 Å². The first-order valence-electron chi connectivity index (χ1n) is 11.7. The van der Waals surface area contributed by atoms with Gasteiger partial charge in [0.15, 0.2) is 0 Å². The number of anilines is 1. The number of hydrogen-bond acceptors (Lipinski definition) is 3. The zero-order valence-corrected chi connectivity index (χ0v) is 20.1. The monoisotopic (exact) mass is 425 g/mol. The Morgan fingerprint density at radius 1 is 0.938 bits per heavy atom. The molecule has 0 radical (unpaired) electrons. The van der Waals surface area contributed by atoms with Crippen LogP contribution in [-0.2, 0) is 6.42 Å². The standard InChI is InChI=1S/C29H35N3/c1-6-32(13-7-12-31(4)5)26-9-11-28-23(19-26)17-22-18-25(30)8-10-27(22)29(28)24-15-20(2)14-21(3)16-24/h8-11,14-16,18-19,30H,6-7,12-13,17H2,1-5H3. The van der Waals surface area contributed by atoms with Gasteiger partial charge in [-0.1, -0.05) is 41.5 Å². The molecule has 4 rings (SSSR count). The van der Waals surface area contributed by atoms with Crippen LogP contribution in [0.1, 0.15) is 41.2 Å². The average Bonchev–Trinajstić information content (AvgIpc) is 2.73. The van der Waals surface area contributed by atoms with Gasteiger partial charge in [0.1, 0.15) is 0 Å². The Morgan fingerprint density at radius 2 is 1.69 bits per heavy atom. The van der Waals surface area contributed by atoms with Gasteiger partial charge in [0.2, 0.25) is 0 Å². The maximum absolute atomic E-state index is 8.19. The number of fused-ring (bicyclic) bond motifs is 2. The van der Waals surface area contributed by atoms with E-state index in [1.807, 2.05) is 12.2 Å². The molecule has 32 heavy (non-hydrogen) atoms. The third kappa shape index (κ3) is 4.63. The van der Waals surface area contributed by atoms with Crippen molar-refractivity contribution in [3.63, 3.8) is 0 Å². The molecule has 0 unspecified atom stereocenters. The minimum atomic E-state index is 0.585. The van der Waals surface area contributed by atoms with Crippen molar-refractivity contribution in [2.24, 2.45) is 0 Å². The van der Waals surface area contributed by atoms with Gasteiger partial charge < -0.3 is 15.2 Å². The SMILES string of the molecule is CCN(CCCN(C)C)c1ccc2c(c1)CC1=CC(=N)C=CC1=C2c1cc(C)cc(C)c1. The van der Waals surface area contributed by atoms with Gasteiger partial charge in [-0.15, -0.1) is 0 Å². The molecule has 2 aliphatic rings. The first kappa shape index (κ1) is 22.3. The van der Waals surface area contributed by atoms with Gasteiger partial charge in [0, 0.05) is 18.8 Å². The Morgan fingerprint density at radius 3 is 2.38 bits per heavy atom. The van der Waals surface area contributed by atoms with E-state index in [2.05, 4.69) is 87.1 Å². The van der Waals surface area contributed by atoms with Gasteiger partial charge in [-0.3, -0.25) is 0 Å². The van der Waals surface area contributed by atoms with E-state index in [1.54, 1.807) is 0 Å². The minimum absolute atomic E-state index is 0.585. The van der Waals surface area contributed by atoms with E-state index < -0.39 is 0 Å². The number of nitrogens with zero attached hydrogens (tertiary/aromatic N) is 2. The van der Waals surface area contributed by atoms with E-state index in [4.69, 9.17) is 5.41 Å². The van der Waals surface area contributed by atoms with E-state index in [1.165, 1.54) is 50.2 Å². The summed E-state index contributed by atoms with van der Waals surface area (Å²) in [7, 11) is 4.27. The quantitative estimate of drug-likeness (QED) is 0.594. The summed E-state index contributed by atoms with van der Waals surface area (Å²) in [6.45, 7) is 9.76. The molecule has 3 nitrogen and oxygen atoms in total. The second kappa shape index (κ2) is 9.30. The van der Waals surface area contributed by atoms with Crippen LogP contribution in [0, 0.1) is 19.3 Å². The number of nitrogens with one attached hydrogen (secondary N) is 1. The van der Waals surface area contributed by atoms with Gasteiger partial charge in [-0.25, -0.2) is 0 Å². The molecule has 0 aromatic heterocycles. The molecule has 0 bridgehead atoms. The minimum Gasteiger partial charge on any atom is -0.372 e. The predicted octanol–water partition coefficient (Wildman–Crippen LogP) is 5.96. The summed E-state index contributed by atoms with van der Waals surface area (Å²) in [5.41, 5.74) is 12.2. The van der Waals surface area contributed by atoms with E-state index in [0.717, 1.165) is 32.5 Å². The molecule has 0 saturated carbocycles. The Labute approximate surface area is 193 Å². The molecule has 2 aliphatic carbocycles. The van der Waals surface area contributed by atoms with E-state index in [0.29, 0.717) is 5.71 Å². The summed E-state index contributed by atoms with van der Waals surface area (Å²) in [6, 6.07) is 13.8. The van der Waals surface area contributed by atoms with E-state index in [9.17, 15) is 0 Å². The molecule has 3 heteroatoms. The molecule has 0 amide bonds. The van der Waals surface area contributed by atoms with E-state index >= 15 is 0 Å². The van der Waals surface area contributed by atoms with Crippen molar-refractivity contribution in [2.45, 2.75) is 33.6 Å². The van der Waals surface area contributed by atoms with Crippen LogP contribution in [0.15, 0.2) is 65.8 Å². The molecular weight excluding hydrogens is 390 g/mol. The van der Waals surface area contributed by atoms with Crippen LogP contribution in [0.5, 0.6) is 0 Å². The summed E-state index contributed by atoms with van der Waals surface area (Å²) in [6.07, 6.45) is 8.14. The fourth-order valence-electron chi connectivity index (χ4n) is 4.98. The number of aryl methyl sites for hydroxylation is 2. The smallest absolute Gasteiger partial charge is 0.0543 e. The molecule has 0 atom stereocenters. The maximum atomic E-state index is 8.19. The molecule has 1 N–H and O–H groups in total. The molecule has 0 aliphatic heterocycles. The first-order chi connectivity index (χ1) is 15.4. The summed E-state index contributed by atoms with van der Waals surface area (Å²) < 4.78 is 0. The second-order valence-corrected chi connectivity index (χ2v) is 9.38. The fraction of sp³-hybridized carbons (Fsp3) is 0.345. The lowest BCUT2D eigenvalue weighted by molar-refractivity contribution is 0.400. The Bertz CT molecular complexity index is 1110. The normalized spacial score (nSPS) is 15.1. The molecule has 0 spiro atoms. The summed E-state index contributed by atoms with van der Waals surface area (Å²) >= 11 is 0. The van der Waals surface area contributed by atoms with Gasteiger partial charge >= 0.3 is 0 Å². The van der Waals surface area contributed by atoms with Crippen LogP contribution >= 0.6 is 0 Å². The Kier molecular flexibility index (Phi) is 6.48. The molecule has 2 aromatic carbocycles. The third-order valence-corrected chi connectivity index (χ3v) is 6.40. The molecule has 0 heterocycles. The predicted molar refractivity (Wildman–Crippen MR) is 138 cm³/mol. The van der Waals surface area contributed by atoms with Crippen molar-refractivity contribution in [1.82, 2.24) is 4.90 Å². The highest BCUT2D eigenvalue weighted by atomic mass is 15.1. The van der Waals surface area contributed by atoms with Gasteiger partial charge in [0.05, 0.1) is 5.71 Å². The molecular formula is C29H35N3. The Balaban J connectivity index is 1.79. The van der Waals surface area contributed by atoms with Crippen LogP contribution in [0.3, 0.4) is 0 Å². The van der Waals surface area contributed by atoms with Crippen LogP contribution < -0.4 is 4.90 Å². The van der Waals surface area contributed by atoms with Gasteiger partial charge in [0.25, 0.3) is 0 Å². The topological polar surface area (TPSA) is 30.3 Å². The molecule has 2 aromatic rings. The summed E-state index contributed by atoms with van der Waals surface area (Å²) in [4.78, 5) is 4.73. The number of rotatable bonds is 7.